The predicted molar refractivity (Wildman–Crippen MR) is 63.3 cm³/mol. The Balaban J connectivity index is 2.49. The second kappa shape index (κ2) is 6.10. The highest BCUT2D eigenvalue weighted by atomic mass is 32.2. The SMILES string of the molecule is CCC1CN(C(=O)C(N)CC(=O)O)CCS1. The van der Waals surface area contributed by atoms with Crippen LogP contribution in [0.5, 0.6) is 0 Å². The molecule has 0 saturated carbocycles. The first-order valence-corrected chi connectivity index (χ1v) is 6.47. The number of rotatable bonds is 4. The summed E-state index contributed by atoms with van der Waals surface area (Å²) in [6.07, 6.45) is 0.724. The van der Waals surface area contributed by atoms with Gasteiger partial charge in [-0.2, -0.15) is 11.8 Å². The van der Waals surface area contributed by atoms with Gasteiger partial charge in [0, 0.05) is 24.1 Å². The number of carboxylic acids is 1. The first-order valence-electron chi connectivity index (χ1n) is 5.42. The van der Waals surface area contributed by atoms with Crippen LogP contribution in [0, 0.1) is 0 Å². The van der Waals surface area contributed by atoms with Crippen molar-refractivity contribution in [3.63, 3.8) is 0 Å². The van der Waals surface area contributed by atoms with Crippen molar-refractivity contribution in [3.05, 3.63) is 0 Å². The number of aliphatic carboxylic acids is 1. The van der Waals surface area contributed by atoms with E-state index >= 15 is 0 Å². The third-order valence-electron chi connectivity index (χ3n) is 2.62. The van der Waals surface area contributed by atoms with Crippen molar-refractivity contribution < 1.29 is 14.7 Å². The Kier molecular flexibility index (Phi) is 5.08. The highest BCUT2D eigenvalue weighted by molar-refractivity contribution is 8.00. The summed E-state index contributed by atoms with van der Waals surface area (Å²) in [4.78, 5) is 24.0. The molecular weight excluding hydrogens is 228 g/mol. The van der Waals surface area contributed by atoms with Gasteiger partial charge in [0.05, 0.1) is 12.5 Å². The van der Waals surface area contributed by atoms with Crippen LogP contribution < -0.4 is 5.73 Å². The maximum atomic E-state index is 11.8. The van der Waals surface area contributed by atoms with Crippen molar-refractivity contribution in [1.82, 2.24) is 4.90 Å². The van der Waals surface area contributed by atoms with Gasteiger partial charge in [0.15, 0.2) is 0 Å². The van der Waals surface area contributed by atoms with Crippen LogP contribution >= 0.6 is 11.8 Å². The molecule has 0 spiro atoms. The minimum atomic E-state index is -1.03. The van der Waals surface area contributed by atoms with Crippen molar-refractivity contribution in [2.75, 3.05) is 18.8 Å². The number of nitrogens with zero attached hydrogens (tertiary/aromatic N) is 1. The Morgan fingerprint density at radius 2 is 2.31 bits per heavy atom. The third kappa shape index (κ3) is 3.68. The summed E-state index contributed by atoms with van der Waals surface area (Å²) in [5.41, 5.74) is 5.56. The number of thioether (sulfide) groups is 1. The van der Waals surface area contributed by atoms with Crippen molar-refractivity contribution in [1.29, 1.82) is 0 Å². The first-order chi connectivity index (χ1) is 7.54. The summed E-state index contributed by atoms with van der Waals surface area (Å²) >= 11 is 1.86. The Hall–Kier alpha value is -0.750. The largest absolute Gasteiger partial charge is 0.481 e. The van der Waals surface area contributed by atoms with E-state index in [1.54, 1.807) is 4.90 Å². The lowest BCUT2D eigenvalue weighted by atomic mass is 10.2. The minimum absolute atomic E-state index is 0.235. The minimum Gasteiger partial charge on any atom is -0.481 e. The average Bonchev–Trinajstić information content (AvgIpc) is 2.27. The summed E-state index contributed by atoms with van der Waals surface area (Å²) in [5, 5.41) is 9.03. The quantitative estimate of drug-likeness (QED) is 0.737. The molecule has 3 N–H and O–H groups in total. The Bertz CT molecular complexity index is 273. The molecule has 2 atom stereocenters. The van der Waals surface area contributed by atoms with Crippen LogP contribution in [-0.4, -0.2) is 52.0 Å². The Morgan fingerprint density at radius 1 is 1.62 bits per heavy atom. The van der Waals surface area contributed by atoms with Crippen LogP contribution in [0.25, 0.3) is 0 Å². The number of carbonyl (C=O) groups is 2. The Labute approximate surface area is 99.4 Å². The zero-order valence-corrected chi connectivity index (χ0v) is 10.2. The second-order valence-corrected chi connectivity index (χ2v) is 5.30. The van der Waals surface area contributed by atoms with E-state index in [0.717, 1.165) is 12.2 Å². The van der Waals surface area contributed by atoms with Crippen LogP contribution in [0.15, 0.2) is 0 Å². The molecular formula is C10H18N2O3S. The number of amides is 1. The molecule has 1 amide bonds. The Morgan fingerprint density at radius 3 is 2.88 bits per heavy atom. The van der Waals surface area contributed by atoms with Gasteiger partial charge >= 0.3 is 5.97 Å². The number of hydrogen-bond donors (Lipinski definition) is 2. The molecule has 1 aliphatic heterocycles. The van der Waals surface area contributed by atoms with E-state index in [1.165, 1.54) is 0 Å². The standard InChI is InChI=1S/C10H18N2O3S/c1-2-7-6-12(3-4-16-7)10(15)8(11)5-9(13)14/h7-8H,2-6,11H2,1H3,(H,13,14). The lowest BCUT2D eigenvalue weighted by Crippen LogP contribution is -2.49. The molecule has 2 unspecified atom stereocenters. The molecule has 6 heteroatoms. The van der Waals surface area contributed by atoms with Crippen molar-refractivity contribution >= 4 is 23.6 Å². The molecule has 0 aromatic carbocycles. The summed E-state index contributed by atoms with van der Waals surface area (Å²) in [6.45, 7) is 3.45. The molecule has 1 aliphatic rings. The lowest BCUT2D eigenvalue weighted by molar-refractivity contribution is -0.142. The van der Waals surface area contributed by atoms with E-state index in [1.807, 2.05) is 11.8 Å². The van der Waals surface area contributed by atoms with E-state index in [2.05, 4.69) is 6.92 Å². The van der Waals surface area contributed by atoms with Crippen LogP contribution in [0.3, 0.4) is 0 Å². The normalized spacial score (nSPS) is 22.9. The van der Waals surface area contributed by atoms with Crippen LogP contribution in [0.1, 0.15) is 19.8 Å². The molecule has 0 aliphatic carbocycles. The van der Waals surface area contributed by atoms with Crippen LogP contribution in [0.2, 0.25) is 0 Å². The first kappa shape index (κ1) is 13.3. The summed E-state index contributed by atoms with van der Waals surface area (Å²) in [7, 11) is 0. The molecule has 16 heavy (non-hydrogen) atoms. The molecule has 0 radical (unpaired) electrons. The number of hydrogen-bond acceptors (Lipinski definition) is 4. The zero-order chi connectivity index (χ0) is 12.1. The van der Waals surface area contributed by atoms with E-state index in [4.69, 9.17) is 10.8 Å². The van der Waals surface area contributed by atoms with Crippen molar-refractivity contribution in [2.24, 2.45) is 5.73 Å². The molecule has 0 aromatic rings. The van der Waals surface area contributed by atoms with E-state index < -0.39 is 12.0 Å². The molecule has 1 heterocycles. The van der Waals surface area contributed by atoms with Gasteiger partial charge in [0.1, 0.15) is 0 Å². The zero-order valence-electron chi connectivity index (χ0n) is 9.39. The lowest BCUT2D eigenvalue weighted by Gasteiger charge is -2.33. The van der Waals surface area contributed by atoms with E-state index in [-0.39, 0.29) is 12.3 Å². The number of carbonyl (C=O) groups excluding carboxylic acids is 1. The van der Waals surface area contributed by atoms with Gasteiger partial charge in [-0.25, -0.2) is 0 Å². The van der Waals surface area contributed by atoms with Gasteiger partial charge in [-0.05, 0) is 6.42 Å². The fourth-order valence-electron chi connectivity index (χ4n) is 1.68. The smallest absolute Gasteiger partial charge is 0.305 e. The van der Waals surface area contributed by atoms with Gasteiger partial charge in [-0.1, -0.05) is 6.92 Å². The molecule has 5 nitrogen and oxygen atoms in total. The third-order valence-corrected chi connectivity index (χ3v) is 3.99. The number of nitrogens with two attached hydrogens (primary N) is 1. The topological polar surface area (TPSA) is 83.6 Å². The summed E-state index contributed by atoms with van der Waals surface area (Å²) in [6, 6.07) is -0.905. The van der Waals surface area contributed by atoms with E-state index in [9.17, 15) is 9.59 Å². The van der Waals surface area contributed by atoms with Gasteiger partial charge < -0.3 is 15.7 Å². The maximum absolute atomic E-state index is 11.8. The summed E-state index contributed by atoms with van der Waals surface area (Å²) < 4.78 is 0. The van der Waals surface area contributed by atoms with Crippen LogP contribution in [0.4, 0.5) is 0 Å². The van der Waals surface area contributed by atoms with Gasteiger partial charge in [0.25, 0.3) is 0 Å². The molecule has 1 fully saturated rings. The fourth-order valence-corrected chi connectivity index (χ4v) is 2.86. The van der Waals surface area contributed by atoms with Gasteiger partial charge in [-0.3, -0.25) is 9.59 Å². The summed E-state index contributed by atoms with van der Waals surface area (Å²) in [5.74, 6) is -0.357. The van der Waals surface area contributed by atoms with Gasteiger partial charge in [-0.15, -0.1) is 0 Å². The monoisotopic (exact) mass is 246 g/mol. The molecule has 0 bridgehead atoms. The molecule has 1 rings (SSSR count). The maximum Gasteiger partial charge on any atom is 0.305 e. The highest BCUT2D eigenvalue weighted by Gasteiger charge is 2.27. The van der Waals surface area contributed by atoms with Crippen LogP contribution in [-0.2, 0) is 9.59 Å². The van der Waals surface area contributed by atoms with E-state index in [0.29, 0.717) is 18.3 Å². The highest BCUT2D eigenvalue weighted by Crippen LogP contribution is 2.21. The van der Waals surface area contributed by atoms with Crippen molar-refractivity contribution in [2.45, 2.75) is 31.1 Å². The number of carboxylic acid groups (broad SMARTS) is 1. The van der Waals surface area contributed by atoms with Gasteiger partial charge in [0.2, 0.25) is 5.91 Å². The fraction of sp³-hybridized carbons (Fsp3) is 0.800. The molecule has 92 valence electrons. The molecule has 1 saturated heterocycles. The predicted octanol–water partition coefficient (Wildman–Crippen LogP) is 0.142. The average molecular weight is 246 g/mol. The van der Waals surface area contributed by atoms with Crippen molar-refractivity contribution in [3.8, 4) is 0 Å². The second-order valence-electron chi connectivity index (χ2n) is 3.89. The molecule has 0 aromatic heterocycles.